The van der Waals surface area contributed by atoms with Gasteiger partial charge in [-0.1, -0.05) is 66.8 Å². The van der Waals surface area contributed by atoms with E-state index < -0.39 is 0 Å². The van der Waals surface area contributed by atoms with E-state index in [0.29, 0.717) is 0 Å². The van der Waals surface area contributed by atoms with Crippen LogP contribution < -0.4 is 5.32 Å². The van der Waals surface area contributed by atoms with Crippen molar-refractivity contribution in [2.24, 2.45) is 0 Å². The molecule has 112 valence electrons. The molecule has 21 heavy (non-hydrogen) atoms. The van der Waals surface area contributed by atoms with Crippen molar-refractivity contribution in [1.82, 2.24) is 5.32 Å². The number of rotatable bonds is 5. The first-order chi connectivity index (χ1) is 10.0. The monoisotopic (exact) mass is 473 g/mol. The molecular formula is C17H18Br3N. The molecule has 0 aliphatic carbocycles. The molecule has 0 aliphatic rings. The summed E-state index contributed by atoms with van der Waals surface area (Å²) in [5, 5.41) is 3.67. The maximum absolute atomic E-state index is 3.69. The van der Waals surface area contributed by atoms with E-state index in [-0.39, 0.29) is 6.04 Å². The van der Waals surface area contributed by atoms with Gasteiger partial charge in [-0.3, -0.25) is 0 Å². The standard InChI is InChI=1S/C17H18Br3N/c1-3-9-21-17(13-5-4-6-15(19)11(13)2)14-10-12(18)7-8-16(14)20/h4-8,10,17,21H,3,9H2,1-2H3. The van der Waals surface area contributed by atoms with Gasteiger partial charge >= 0.3 is 0 Å². The molecule has 0 aliphatic heterocycles. The maximum Gasteiger partial charge on any atom is 0.0591 e. The van der Waals surface area contributed by atoms with Crippen molar-refractivity contribution >= 4 is 47.8 Å². The van der Waals surface area contributed by atoms with Crippen LogP contribution in [-0.4, -0.2) is 6.54 Å². The molecule has 0 saturated carbocycles. The average molecular weight is 476 g/mol. The Kier molecular flexibility index (Phi) is 6.48. The van der Waals surface area contributed by atoms with Crippen LogP contribution in [0.25, 0.3) is 0 Å². The molecule has 1 nitrogen and oxygen atoms in total. The third-order valence-corrected chi connectivity index (χ3v) is 5.56. The summed E-state index contributed by atoms with van der Waals surface area (Å²) < 4.78 is 3.37. The van der Waals surface area contributed by atoms with Gasteiger partial charge in [-0.05, 0) is 60.8 Å². The first-order valence-corrected chi connectivity index (χ1v) is 9.35. The summed E-state index contributed by atoms with van der Waals surface area (Å²) in [7, 11) is 0. The molecule has 0 spiro atoms. The Balaban J connectivity index is 2.52. The fourth-order valence-corrected chi connectivity index (χ4v) is 3.58. The normalized spacial score (nSPS) is 12.4. The van der Waals surface area contributed by atoms with Crippen LogP contribution in [0.1, 0.15) is 36.1 Å². The van der Waals surface area contributed by atoms with E-state index >= 15 is 0 Å². The number of hydrogen-bond acceptors (Lipinski definition) is 1. The Morgan fingerprint density at radius 3 is 2.48 bits per heavy atom. The average Bonchev–Trinajstić information content (AvgIpc) is 2.47. The lowest BCUT2D eigenvalue weighted by Gasteiger charge is -2.23. The minimum absolute atomic E-state index is 0.175. The molecule has 0 fully saturated rings. The Morgan fingerprint density at radius 1 is 1.00 bits per heavy atom. The van der Waals surface area contributed by atoms with Crippen LogP contribution in [-0.2, 0) is 0 Å². The van der Waals surface area contributed by atoms with Crippen LogP contribution in [0.15, 0.2) is 49.8 Å². The third kappa shape index (κ3) is 4.19. The van der Waals surface area contributed by atoms with Gasteiger partial charge in [0.2, 0.25) is 0 Å². The second kappa shape index (κ2) is 7.91. The predicted octanol–water partition coefficient (Wildman–Crippen LogP) is 6.37. The highest BCUT2D eigenvalue weighted by Crippen LogP contribution is 2.34. The van der Waals surface area contributed by atoms with E-state index in [0.717, 1.165) is 26.4 Å². The van der Waals surface area contributed by atoms with Gasteiger partial charge in [0.25, 0.3) is 0 Å². The highest BCUT2D eigenvalue weighted by atomic mass is 79.9. The molecule has 0 radical (unpaired) electrons. The van der Waals surface area contributed by atoms with Crippen LogP contribution in [0.2, 0.25) is 0 Å². The lowest BCUT2D eigenvalue weighted by atomic mass is 9.95. The molecule has 2 rings (SSSR count). The number of nitrogens with one attached hydrogen (secondary N) is 1. The van der Waals surface area contributed by atoms with Crippen molar-refractivity contribution in [2.75, 3.05) is 6.54 Å². The largest absolute Gasteiger partial charge is 0.306 e. The van der Waals surface area contributed by atoms with Crippen LogP contribution in [0, 0.1) is 6.92 Å². The zero-order valence-electron chi connectivity index (χ0n) is 12.1. The Bertz CT molecular complexity index is 623. The summed E-state index contributed by atoms with van der Waals surface area (Å²) >= 11 is 10.9. The zero-order chi connectivity index (χ0) is 15.4. The predicted molar refractivity (Wildman–Crippen MR) is 101 cm³/mol. The van der Waals surface area contributed by atoms with E-state index in [1.54, 1.807) is 0 Å². The first kappa shape index (κ1) is 17.2. The van der Waals surface area contributed by atoms with E-state index in [2.05, 4.69) is 103 Å². The lowest BCUT2D eigenvalue weighted by Crippen LogP contribution is -2.24. The fraction of sp³-hybridized carbons (Fsp3) is 0.294. The van der Waals surface area contributed by atoms with Gasteiger partial charge in [-0.15, -0.1) is 0 Å². The molecule has 1 atom stereocenters. The van der Waals surface area contributed by atoms with E-state index in [1.165, 1.54) is 16.7 Å². The van der Waals surface area contributed by atoms with E-state index in [4.69, 9.17) is 0 Å². The molecule has 0 bridgehead atoms. The molecule has 0 saturated heterocycles. The van der Waals surface area contributed by atoms with Crippen molar-refractivity contribution in [2.45, 2.75) is 26.3 Å². The smallest absolute Gasteiger partial charge is 0.0591 e. The van der Waals surface area contributed by atoms with Crippen molar-refractivity contribution in [3.8, 4) is 0 Å². The summed E-state index contributed by atoms with van der Waals surface area (Å²) in [6.45, 7) is 5.33. The van der Waals surface area contributed by atoms with Gasteiger partial charge in [-0.2, -0.15) is 0 Å². The first-order valence-electron chi connectivity index (χ1n) is 6.98. The summed E-state index contributed by atoms with van der Waals surface area (Å²) in [6, 6.07) is 12.9. The molecule has 1 unspecified atom stereocenters. The quantitative estimate of drug-likeness (QED) is 0.529. The highest BCUT2D eigenvalue weighted by Gasteiger charge is 2.19. The fourth-order valence-electron chi connectivity index (χ4n) is 2.35. The molecule has 1 N–H and O–H groups in total. The molecule has 2 aromatic rings. The number of benzene rings is 2. The number of hydrogen-bond donors (Lipinski definition) is 1. The van der Waals surface area contributed by atoms with Crippen LogP contribution in [0.4, 0.5) is 0 Å². The van der Waals surface area contributed by atoms with Crippen LogP contribution >= 0.6 is 47.8 Å². The molecule has 2 aromatic carbocycles. The minimum atomic E-state index is 0.175. The lowest BCUT2D eigenvalue weighted by molar-refractivity contribution is 0.594. The summed E-state index contributed by atoms with van der Waals surface area (Å²) in [6.07, 6.45) is 1.11. The second-order valence-corrected chi connectivity index (χ2v) is 7.63. The maximum atomic E-state index is 3.69. The second-order valence-electron chi connectivity index (χ2n) is 5.01. The van der Waals surface area contributed by atoms with Gasteiger partial charge < -0.3 is 5.32 Å². The van der Waals surface area contributed by atoms with Gasteiger partial charge in [-0.25, -0.2) is 0 Å². The number of halogens is 3. The minimum Gasteiger partial charge on any atom is -0.306 e. The zero-order valence-corrected chi connectivity index (χ0v) is 16.8. The van der Waals surface area contributed by atoms with E-state index in [9.17, 15) is 0 Å². The molecule has 4 heteroatoms. The molecular weight excluding hydrogens is 458 g/mol. The van der Waals surface area contributed by atoms with Crippen molar-refractivity contribution < 1.29 is 0 Å². The Hall–Kier alpha value is -0.160. The van der Waals surface area contributed by atoms with Crippen molar-refractivity contribution in [3.05, 3.63) is 66.5 Å². The molecule has 0 amide bonds. The highest BCUT2D eigenvalue weighted by molar-refractivity contribution is 9.11. The summed E-state index contributed by atoms with van der Waals surface area (Å²) in [5.74, 6) is 0. The van der Waals surface area contributed by atoms with Gasteiger partial charge in [0.15, 0.2) is 0 Å². The Morgan fingerprint density at radius 2 is 1.76 bits per heavy atom. The molecule has 0 aromatic heterocycles. The van der Waals surface area contributed by atoms with Crippen molar-refractivity contribution in [1.29, 1.82) is 0 Å². The third-order valence-electron chi connectivity index (χ3n) is 3.49. The van der Waals surface area contributed by atoms with Gasteiger partial charge in [0, 0.05) is 13.4 Å². The van der Waals surface area contributed by atoms with E-state index in [1.807, 2.05) is 0 Å². The van der Waals surface area contributed by atoms with Crippen LogP contribution in [0.3, 0.4) is 0 Å². The SMILES string of the molecule is CCCNC(c1cc(Br)ccc1Br)c1cccc(Br)c1C. The Labute approximate surface area is 151 Å². The summed E-state index contributed by atoms with van der Waals surface area (Å²) in [4.78, 5) is 0. The van der Waals surface area contributed by atoms with Gasteiger partial charge in [0.05, 0.1) is 6.04 Å². The summed E-state index contributed by atoms with van der Waals surface area (Å²) in [5.41, 5.74) is 3.83. The van der Waals surface area contributed by atoms with Gasteiger partial charge in [0.1, 0.15) is 0 Å². The van der Waals surface area contributed by atoms with Crippen molar-refractivity contribution in [3.63, 3.8) is 0 Å². The molecule has 0 heterocycles. The topological polar surface area (TPSA) is 12.0 Å². The van der Waals surface area contributed by atoms with Crippen LogP contribution in [0.5, 0.6) is 0 Å².